The lowest BCUT2D eigenvalue weighted by Crippen LogP contribution is -1.95. The Balaban J connectivity index is 1.57. The Kier molecular flexibility index (Phi) is 3.51. The van der Waals surface area contributed by atoms with E-state index in [9.17, 15) is 5.11 Å². The number of phenols is 1. The van der Waals surface area contributed by atoms with Crippen molar-refractivity contribution < 1.29 is 5.11 Å². The zero-order chi connectivity index (χ0) is 16.4. The molecule has 4 rings (SSSR count). The van der Waals surface area contributed by atoms with Crippen LogP contribution >= 0.6 is 0 Å². The van der Waals surface area contributed by atoms with E-state index >= 15 is 0 Å². The molecule has 5 nitrogen and oxygen atoms in total. The molecule has 4 aromatic rings. The summed E-state index contributed by atoms with van der Waals surface area (Å²) in [5.74, 6) is 0.820. The summed E-state index contributed by atoms with van der Waals surface area (Å²) in [6, 6.07) is 20.8. The molecule has 0 bridgehead atoms. The lowest BCUT2D eigenvalue weighted by atomic mass is 10.2. The van der Waals surface area contributed by atoms with Crippen LogP contribution in [0.1, 0.15) is 5.69 Å². The summed E-state index contributed by atoms with van der Waals surface area (Å²) in [5.41, 5.74) is 5.02. The molecule has 24 heavy (non-hydrogen) atoms. The second-order valence-corrected chi connectivity index (χ2v) is 5.34. The van der Waals surface area contributed by atoms with Gasteiger partial charge in [-0.25, -0.2) is 9.97 Å². The number of hydrazone groups is 1. The van der Waals surface area contributed by atoms with Crippen molar-refractivity contribution in [2.45, 2.75) is 0 Å². The molecule has 0 atom stereocenters. The molecule has 0 spiro atoms. The second kappa shape index (κ2) is 5.96. The van der Waals surface area contributed by atoms with E-state index in [4.69, 9.17) is 0 Å². The fraction of sp³-hybridized carbons (Fsp3) is 0. The van der Waals surface area contributed by atoms with E-state index in [0.717, 1.165) is 16.3 Å². The highest BCUT2D eigenvalue weighted by Crippen LogP contribution is 2.22. The van der Waals surface area contributed by atoms with E-state index < -0.39 is 0 Å². The average molecular weight is 314 g/mol. The van der Waals surface area contributed by atoms with Gasteiger partial charge in [0.15, 0.2) is 0 Å². The zero-order valence-corrected chi connectivity index (χ0v) is 12.7. The number of aromatic hydroxyl groups is 1. The number of nitrogens with zero attached hydrogens (tertiary/aromatic N) is 3. The zero-order valence-electron chi connectivity index (χ0n) is 12.7. The average Bonchev–Trinajstić information content (AvgIpc) is 2.62. The van der Waals surface area contributed by atoms with Crippen LogP contribution in [0.15, 0.2) is 71.8 Å². The van der Waals surface area contributed by atoms with Crippen molar-refractivity contribution in [1.29, 1.82) is 0 Å². The van der Waals surface area contributed by atoms with Crippen LogP contribution in [0.4, 0.5) is 5.82 Å². The van der Waals surface area contributed by atoms with E-state index in [-0.39, 0.29) is 5.75 Å². The first kappa shape index (κ1) is 14.1. The molecule has 0 amide bonds. The summed E-state index contributed by atoms with van der Waals surface area (Å²) < 4.78 is 0. The highest BCUT2D eigenvalue weighted by molar-refractivity contribution is 5.88. The molecule has 2 aromatic heterocycles. The fourth-order valence-electron chi connectivity index (χ4n) is 2.51. The minimum absolute atomic E-state index is 0.159. The number of rotatable bonds is 3. The number of nitrogens with one attached hydrogen (secondary N) is 1. The van der Waals surface area contributed by atoms with E-state index in [1.54, 1.807) is 18.3 Å². The molecule has 0 aliphatic heterocycles. The van der Waals surface area contributed by atoms with Crippen LogP contribution in [-0.2, 0) is 0 Å². The highest BCUT2D eigenvalue weighted by Gasteiger charge is 2.01. The molecule has 0 saturated carbocycles. The lowest BCUT2D eigenvalue weighted by molar-refractivity contribution is 0.480. The molecule has 5 heteroatoms. The van der Waals surface area contributed by atoms with Crippen LogP contribution in [0.25, 0.3) is 21.8 Å². The molecular weight excluding hydrogens is 300 g/mol. The van der Waals surface area contributed by atoms with E-state index in [1.807, 2.05) is 54.6 Å². The lowest BCUT2D eigenvalue weighted by Gasteiger charge is -2.02. The van der Waals surface area contributed by atoms with Gasteiger partial charge in [-0.05, 0) is 30.3 Å². The number of anilines is 1. The third-order valence-electron chi connectivity index (χ3n) is 3.69. The summed E-state index contributed by atoms with van der Waals surface area (Å²) in [4.78, 5) is 8.88. The van der Waals surface area contributed by atoms with Crippen LogP contribution in [0.2, 0.25) is 0 Å². The van der Waals surface area contributed by atoms with Crippen molar-refractivity contribution >= 4 is 33.8 Å². The molecule has 0 aliphatic rings. The summed E-state index contributed by atoms with van der Waals surface area (Å²) in [7, 11) is 0. The Morgan fingerprint density at radius 2 is 1.67 bits per heavy atom. The second-order valence-electron chi connectivity index (χ2n) is 5.34. The Bertz CT molecular complexity index is 1060. The van der Waals surface area contributed by atoms with Gasteiger partial charge < -0.3 is 5.11 Å². The van der Waals surface area contributed by atoms with Gasteiger partial charge in [0.1, 0.15) is 17.1 Å². The first-order chi connectivity index (χ1) is 11.8. The maximum atomic E-state index is 9.87. The molecule has 2 N–H and O–H groups in total. The van der Waals surface area contributed by atoms with Gasteiger partial charge in [-0.3, -0.25) is 5.43 Å². The summed E-state index contributed by atoms with van der Waals surface area (Å²) in [6.07, 6.45) is 1.60. The molecular formula is C19H14N4O. The number of benzene rings is 2. The maximum Gasteiger partial charge on any atom is 0.146 e. The van der Waals surface area contributed by atoms with Gasteiger partial charge >= 0.3 is 0 Å². The maximum absolute atomic E-state index is 9.87. The number of fused-ring (bicyclic) bond motifs is 2. The molecule has 0 aliphatic carbocycles. The molecule has 2 heterocycles. The Labute approximate surface area is 138 Å². The van der Waals surface area contributed by atoms with Crippen LogP contribution in [0.3, 0.4) is 0 Å². The van der Waals surface area contributed by atoms with Crippen LogP contribution in [0.5, 0.6) is 5.75 Å². The monoisotopic (exact) mass is 314 g/mol. The summed E-state index contributed by atoms with van der Waals surface area (Å²) in [6.45, 7) is 0. The van der Waals surface area contributed by atoms with Crippen molar-refractivity contribution in [1.82, 2.24) is 9.97 Å². The first-order valence-electron chi connectivity index (χ1n) is 7.53. The Morgan fingerprint density at radius 1 is 0.833 bits per heavy atom. The van der Waals surface area contributed by atoms with E-state index in [1.165, 1.54) is 0 Å². The summed E-state index contributed by atoms with van der Waals surface area (Å²) in [5, 5.41) is 16.0. The predicted octanol–water partition coefficient (Wildman–Crippen LogP) is 3.93. The molecule has 0 unspecified atom stereocenters. The van der Waals surface area contributed by atoms with Crippen molar-refractivity contribution in [3.05, 3.63) is 72.4 Å². The highest BCUT2D eigenvalue weighted by atomic mass is 16.3. The topological polar surface area (TPSA) is 70.4 Å². The summed E-state index contributed by atoms with van der Waals surface area (Å²) >= 11 is 0. The molecule has 0 radical (unpaired) electrons. The third kappa shape index (κ3) is 2.75. The predicted molar refractivity (Wildman–Crippen MR) is 96.4 cm³/mol. The Hall–Kier alpha value is -3.47. The normalized spacial score (nSPS) is 11.3. The standard InChI is InChI=1S/C19H14N4O/c24-17-7-3-5-14-8-10-15(21-19(14)17)12-20-23-18-11-9-13-4-1-2-6-16(13)22-18/h1-12,24H,(H,22,23)/b20-12+. The van der Waals surface area contributed by atoms with Crippen LogP contribution < -0.4 is 5.43 Å². The van der Waals surface area contributed by atoms with Gasteiger partial charge in [0.25, 0.3) is 0 Å². The quantitative estimate of drug-likeness (QED) is 0.444. The van der Waals surface area contributed by atoms with Gasteiger partial charge in [0, 0.05) is 10.8 Å². The van der Waals surface area contributed by atoms with Gasteiger partial charge in [0.05, 0.1) is 17.4 Å². The molecule has 116 valence electrons. The first-order valence-corrected chi connectivity index (χ1v) is 7.53. The number of pyridine rings is 2. The SMILES string of the molecule is Oc1cccc2ccc(/C=N/Nc3ccc4ccccc4n3)nc12. The molecule has 0 saturated heterocycles. The fourth-order valence-corrected chi connectivity index (χ4v) is 2.51. The van der Waals surface area contributed by atoms with Crippen molar-refractivity contribution in [3.8, 4) is 5.75 Å². The largest absolute Gasteiger partial charge is 0.506 e. The van der Waals surface area contributed by atoms with Gasteiger partial charge in [-0.1, -0.05) is 36.4 Å². The van der Waals surface area contributed by atoms with Crippen LogP contribution in [-0.4, -0.2) is 21.3 Å². The van der Waals surface area contributed by atoms with Crippen molar-refractivity contribution in [2.75, 3.05) is 5.43 Å². The third-order valence-corrected chi connectivity index (χ3v) is 3.69. The number of para-hydroxylation sites is 2. The van der Waals surface area contributed by atoms with Crippen LogP contribution in [0, 0.1) is 0 Å². The number of hydrogen-bond acceptors (Lipinski definition) is 5. The minimum atomic E-state index is 0.159. The molecule has 0 fully saturated rings. The number of phenolic OH excluding ortho intramolecular Hbond substituents is 1. The van der Waals surface area contributed by atoms with Crippen molar-refractivity contribution in [3.63, 3.8) is 0 Å². The Morgan fingerprint density at radius 3 is 2.62 bits per heavy atom. The van der Waals surface area contributed by atoms with Gasteiger partial charge in [-0.2, -0.15) is 5.10 Å². The minimum Gasteiger partial charge on any atom is -0.506 e. The van der Waals surface area contributed by atoms with E-state index in [0.29, 0.717) is 17.0 Å². The molecule has 2 aromatic carbocycles. The van der Waals surface area contributed by atoms with Gasteiger partial charge in [-0.15, -0.1) is 0 Å². The van der Waals surface area contributed by atoms with Crippen molar-refractivity contribution in [2.24, 2.45) is 5.10 Å². The van der Waals surface area contributed by atoms with Gasteiger partial charge in [0.2, 0.25) is 0 Å². The van der Waals surface area contributed by atoms with E-state index in [2.05, 4.69) is 20.5 Å². The smallest absolute Gasteiger partial charge is 0.146 e. The number of hydrogen-bond donors (Lipinski definition) is 2. The number of aromatic nitrogens is 2.